The fraction of sp³-hybridized carbons (Fsp3) is 1.00. The smallest absolute Gasteiger partial charge is 0.150 e. The molecule has 0 aromatic rings. The summed E-state index contributed by atoms with van der Waals surface area (Å²) in [6.07, 6.45) is 0. The lowest BCUT2D eigenvalue weighted by Crippen LogP contribution is -2.22. The van der Waals surface area contributed by atoms with E-state index < -0.39 is 0 Å². The van der Waals surface area contributed by atoms with Crippen LogP contribution in [0.2, 0.25) is 0 Å². The molecule has 1 saturated heterocycles. The molecular formula is C3H6NO2. The van der Waals surface area contributed by atoms with Crippen LogP contribution in [0.3, 0.4) is 0 Å². The molecule has 1 aliphatic heterocycles. The molecule has 3 heteroatoms. The van der Waals surface area contributed by atoms with Gasteiger partial charge in [-0.25, -0.2) is 0 Å². The Balaban J connectivity index is 2.00. The zero-order valence-electron chi connectivity index (χ0n) is 3.39. The predicted octanol–water partition coefficient (Wildman–Crippen LogP) is -0.490. The van der Waals surface area contributed by atoms with Gasteiger partial charge in [-0.3, -0.25) is 0 Å². The van der Waals surface area contributed by atoms with E-state index in [1.54, 1.807) is 0 Å². The van der Waals surface area contributed by atoms with Crippen LogP contribution >= 0.6 is 0 Å². The first kappa shape index (κ1) is 4.05. The molecule has 0 unspecified atom stereocenters. The molecule has 3 nitrogen and oxygen atoms in total. The summed E-state index contributed by atoms with van der Waals surface area (Å²) >= 11 is 0. The first-order valence-corrected chi connectivity index (χ1v) is 1.79. The molecular weight excluding hydrogens is 82.0 g/mol. The second kappa shape index (κ2) is 2.12. The summed E-state index contributed by atoms with van der Waals surface area (Å²) in [6.45, 7) is 1.41. The van der Waals surface area contributed by atoms with Crippen molar-refractivity contribution < 1.29 is 9.47 Å². The largest absolute Gasteiger partial charge is 0.339 e. The zero-order chi connectivity index (χ0) is 4.24. The lowest BCUT2D eigenvalue weighted by atomic mass is 11.0. The van der Waals surface area contributed by atoms with Crippen molar-refractivity contribution in [3.05, 3.63) is 0 Å². The lowest BCUT2D eigenvalue weighted by Gasteiger charge is -2.09. The molecule has 0 bridgehead atoms. The highest BCUT2D eigenvalue weighted by Crippen LogP contribution is 1.81. The van der Waals surface area contributed by atoms with E-state index in [0.29, 0.717) is 20.3 Å². The van der Waals surface area contributed by atoms with Gasteiger partial charge in [0, 0.05) is 0 Å². The van der Waals surface area contributed by atoms with Crippen LogP contribution < -0.4 is 5.32 Å². The molecule has 0 aromatic heterocycles. The van der Waals surface area contributed by atoms with Gasteiger partial charge in [-0.2, -0.15) is 5.32 Å². The minimum Gasteiger partial charge on any atom is -0.339 e. The van der Waals surface area contributed by atoms with E-state index in [9.17, 15) is 0 Å². The maximum atomic E-state index is 4.68. The maximum Gasteiger partial charge on any atom is 0.150 e. The summed E-state index contributed by atoms with van der Waals surface area (Å²) in [5, 5.41) is 3.73. The van der Waals surface area contributed by atoms with Crippen LogP contribution in [-0.4, -0.2) is 20.3 Å². The number of ether oxygens (including phenoxy) is 2. The van der Waals surface area contributed by atoms with Crippen molar-refractivity contribution in [2.45, 2.75) is 0 Å². The number of rotatable bonds is 0. The SMILES string of the molecule is C1[N]COCO1. The first-order valence-electron chi connectivity index (χ1n) is 1.79. The average molecular weight is 88.1 g/mol. The van der Waals surface area contributed by atoms with Gasteiger partial charge in [-0.15, -0.1) is 0 Å². The van der Waals surface area contributed by atoms with Gasteiger partial charge in [-0.05, 0) is 0 Å². The van der Waals surface area contributed by atoms with Crippen molar-refractivity contribution in [3.63, 3.8) is 0 Å². The number of nitrogens with zero attached hydrogens (tertiary/aromatic N) is 1. The summed E-state index contributed by atoms with van der Waals surface area (Å²) in [6, 6.07) is 0. The Morgan fingerprint density at radius 1 is 1.17 bits per heavy atom. The molecule has 0 N–H and O–H groups in total. The summed E-state index contributed by atoms with van der Waals surface area (Å²) in [4.78, 5) is 0. The summed E-state index contributed by atoms with van der Waals surface area (Å²) < 4.78 is 9.36. The summed E-state index contributed by atoms with van der Waals surface area (Å²) in [5.41, 5.74) is 0. The second-order valence-corrected chi connectivity index (χ2v) is 1.01. The van der Waals surface area contributed by atoms with E-state index in [2.05, 4.69) is 14.8 Å². The molecule has 1 fully saturated rings. The molecule has 1 radical (unpaired) electrons. The van der Waals surface area contributed by atoms with Gasteiger partial charge in [0.1, 0.15) is 20.3 Å². The van der Waals surface area contributed by atoms with E-state index in [1.165, 1.54) is 0 Å². The molecule has 0 atom stereocenters. The Morgan fingerprint density at radius 2 is 1.83 bits per heavy atom. The van der Waals surface area contributed by atoms with E-state index in [-0.39, 0.29) is 0 Å². The molecule has 1 heterocycles. The van der Waals surface area contributed by atoms with Gasteiger partial charge in [-0.1, -0.05) is 0 Å². The monoisotopic (exact) mass is 88.0 g/mol. The lowest BCUT2D eigenvalue weighted by molar-refractivity contribution is -0.116. The quantitative estimate of drug-likeness (QED) is 0.400. The van der Waals surface area contributed by atoms with Crippen LogP contribution in [0.1, 0.15) is 0 Å². The molecule has 0 saturated carbocycles. The first-order chi connectivity index (χ1) is 3.00. The van der Waals surface area contributed by atoms with Gasteiger partial charge in [0.2, 0.25) is 0 Å². The Labute approximate surface area is 36.2 Å². The third-order valence-electron chi connectivity index (χ3n) is 0.532. The van der Waals surface area contributed by atoms with Crippen LogP contribution in [0, 0.1) is 0 Å². The average Bonchev–Trinajstić information content (AvgIpc) is 1.72. The molecule has 0 spiro atoms. The van der Waals surface area contributed by atoms with Crippen molar-refractivity contribution in [1.82, 2.24) is 5.32 Å². The summed E-state index contributed by atoms with van der Waals surface area (Å²) in [5.74, 6) is 0. The molecule has 0 aliphatic carbocycles. The van der Waals surface area contributed by atoms with Crippen LogP contribution in [0.15, 0.2) is 0 Å². The number of hydrogen-bond donors (Lipinski definition) is 0. The molecule has 1 aliphatic rings. The van der Waals surface area contributed by atoms with Gasteiger partial charge in [0.15, 0.2) is 0 Å². The third-order valence-corrected chi connectivity index (χ3v) is 0.532. The highest BCUT2D eigenvalue weighted by molar-refractivity contribution is 4.25. The highest BCUT2D eigenvalue weighted by atomic mass is 16.7. The van der Waals surface area contributed by atoms with Gasteiger partial charge >= 0.3 is 0 Å². The van der Waals surface area contributed by atoms with E-state index >= 15 is 0 Å². The highest BCUT2D eigenvalue weighted by Gasteiger charge is 1.93. The Bertz CT molecular complexity index is 24.3. The van der Waals surface area contributed by atoms with E-state index in [0.717, 1.165) is 0 Å². The van der Waals surface area contributed by atoms with Crippen molar-refractivity contribution in [1.29, 1.82) is 0 Å². The van der Waals surface area contributed by atoms with Crippen molar-refractivity contribution in [2.75, 3.05) is 20.3 Å². The predicted molar refractivity (Wildman–Crippen MR) is 18.9 cm³/mol. The topological polar surface area (TPSA) is 32.6 Å². The second-order valence-electron chi connectivity index (χ2n) is 1.01. The van der Waals surface area contributed by atoms with Crippen LogP contribution in [0.25, 0.3) is 0 Å². The fourth-order valence-electron chi connectivity index (χ4n) is 0.300. The van der Waals surface area contributed by atoms with Gasteiger partial charge in [0.05, 0.1) is 0 Å². The van der Waals surface area contributed by atoms with Gasteiger partial charge < -0.3 is 9.47 Å². The molecule has 1 rings (SSSR count). The van der Waals surface area contributed by atoms with E-state index in [1.807, 2.05) is 0 Å². The van der Waals surface area contributed by atoms with E-state index in [4.69, 9.17) is 0 Å². The van der Waals surface area contributed by atoms with Crippen molar-refractivity contribution in [3.8, 4) is 0 Å². The Kier molecular flexibility index (Phi) is 1.43. The minimum atomic E-state index is 0.406. The summed E-state index contributed by atoms with van der Waals surface area (Å²) in [7, 11) is 0. The Morgan fingerprint density at radius 3 is 2.00 bits per heavy atom. The fourth-order valence-corrected chi connectivity index (χ4v) is 0.300. The molecule has 0 amide bonds. The molecule has 6 heavy (non-hydrogen) atoms. The molecule has 35 valence electrons. The van der Waals surface area contributed by atoms with Crippen LogP contribution in [-0.2, 0) is 9.47 Å². The van der Waals surface area contributed by atoms with Crippen molar-refractivity contribution in [2.24, 2.45) is 0 Å². The minimum absolute atomic E-state index is 0.406. The molecule has 0 aromatic carbocycles. The normalized spacial score (nSPS) is 24.0. The van der Waals surface area contributed by atoms with Gasteiger partial charge in [0.25, 0.3) is 0 Å². The zero-order valence-corrected chi connectivity index (χ0v) is 3.39. The standard InChI is InChI=1S/C3H6NO2/c1-4-2-6-3-5-1/h1-3H2. The third kappa shape index (κ3) is 0.931. The van der Waals surface area contributed by atoms with Crippen LogP contribution in [0.4, 0.5) is 0 Å². The number of hydrogen-bond acceptors (Lipinski definition) is 2. The Hall–Kier alpha value is -0.120. The van der Waals surface area contributed by atoms with Crippen LogP contribution in [0.5, 0.6) is 0 Å². The maximum absolute atomic E-state index is 4.68. The van der Waals surface area contributed by atoms with Crippen molar-refractivity contribution >= 4 is 0 Å².